The van der Waals surface area contributed by atoms with Gasteiger partial charge in [0.1, 0.15) is 12.4 Å². The number of sulfonamides is 1. The summed E-state index contributed by atoms with van der Waals surface area (Å²) < 4.78 is 36.0. The highest BCUT2D eigenvalue weighted by Crippen LogP contribution is 2.25. The van der Waals surface area contributed by atoms with Crippen LogP contribution in [0.15, 0.2) is 46.5 Å². The molecule has 1 aliphatic rings. The van der Waals surface area contributed by atoms with Crippen LogP contribution in [0.1, 0.15) is 30.7 Å². The van der Waals surface area contributed by atoms with Crippen LogP contribution in [-0.2, 0) is 35.0 Å². The SMILES string of the molecule is Cn1c(S(=O)(=O)N[C@H]2CCC[C@@H]2OCc2ccccc2)cnc1CN=C(N)N. The van der Waals surface area contributed by atoms with Gasteiger partial charge in [0.05, 0.1) is 18.9 Å². The molecule has 0 saturated heterocycles. The van der Waals surface area contributed by atoms with Crippen LogP contribution < -0.4 is 16.2 Å². The van der Waals surface area contributed by atoms with E-state index in [0.29, 0.717) is 12.4 Å². The average Bonchev–Trinajstić information content (AvgIpc) is 3.25. The van der Waals surface area contributed by atoms with Crippen molar-refractivity contribution in [2.24, 2.45) is 23.5 Å². The van der Waals surface area contributed by atoms with Gasteiger partial charge in [-0.3, -0.25) is 0 Å². The number of benzene rings is 1. The Hall–Kier alpha value is -2.43. The molecular formula is C18H26N6O3S. The van der Waals surface area contributed by atoms with Crippen molar-refractivity contribution in [2.75, 3.05) is 0 Å². The molecule has 0 spiro atoms. The lowest BCUT2D eigenvalue weighted by atomic mass is 10.2. The Bertz CT molecular complexity index is 922. The van der Waals surface area contributed by atoms with Crippen LogP contribution in [-0.4, -0.2) is 36.1 Å². The molecule has 0 amide bonds. The first kappa shape index (κ1) is 20.3. The standard InChI is InChI=1S/C18H26N6O3S/c1-24-16(10-22-18(19)20)21-11-17(24)28(25,26)23-14-8-5-9-15(14)27-12-13-6-3-2-4-7-13/h2-4,6-7,11,14-15,23H,5,8-10,12H2,1H3,(H4,19,20,22)/t14-,15-/m0/s1. The number of nitrogens with one attached hydrogen (secondary N) is 1. The van der Waals surface area contributed by atoms with Gasteiger partial charge in [-0.25, -0.2) is 23.1 Å². The maximum Gasteiger partial charge on any atom is 0.258 e. The fourth-order valence-corrected chi connectivity index (χ4v) is 4.73. The van der Waals surface area contributed by atoms with E-state index in [4.69, 9.17) is 16.2 Å². The number of rotatable bonds is 8. The zero-order valence-electron chi connectivity index (χ0n) is 15.8. The zero-order chi connectivity index (χ0) is 20.1. The smallest absolute Gasteiger partial charge is 0.258 e. The number of guanidine groups is 1. The van der Waals surface area contributed by atoms with Crippen LogP contribution in [0.2, 0.25) is 0 Å². The number of nitrogens with zero attached hydrogens (tertiary/aromatic N) is 3. The summed E-state index contributed by atoms with van der Waals surface area (Å²) in [5.41, 5.74) is 11.7. The third-order valence-electron chi connectivity index (χ3n) is 4.79. The van der Waals surface area contributed by atoms with Crippen molar-refractivity contribution in [3.05, 3.63) is 47.9 Å². The molecule has 1 aromatic heterocycles. The molecule has 1 aromatic carbocycles. The van der Waals surface area contributed by atoms with Gasteiger partial charge < -0.3 is 20.8 Å². The van der Waals surface area contributed by atoms with Crippen LogP contribution in [0.3, 0.4) is 0 Å². The maximum absolute atomic E-state index is 12.9. The normalized spacial score (nSPS) is 19.6. The third kappa shape index (κ3) is 4.89. The highest BCUT2D eigenvalue weighted by Gasteiger charge is 2.33. The van der Waals surface area contributed by atoms with E-state index in [1.54, 1.807) is 7.05 Å². The number of ether oxygens (including phenoxy) is 1. The molecule has 152 valence electrons. The molecule has 1 saturated carbocycles. The monoisotopic (exact) mass is 406 g/mol. The van der Waals surface area contributed by atoms with E-state index in [1.165, 1.54) is 10.8 Å². The lowest BCUT2D eigenvalue weighted by Gasteiger charge is -2.21. The molecule has 0 bridgehead atoms. The Morgan fingerprint density at radius 3 is 2.79 bits per heavy atom. The number of aromatic nitrogens is 2. The molecular weight excluding hydrogens is 380 g/mol. The van der Waals surface area contributed by atoms with Crippen molar-refractivity contribution in [1.82, 2.24) is 14.3 Å². The summed E-state index contributed by atoms with van der Waals surface area (Å²) in [6.07, 6.45) is 3.62. The van der Waals surface area contributed by atoms with Gasteiger partial charge in [0.2, 0.25) is 0 Å². The molecule has 9 nitrogen and oxygen atoms in total. The van der Waals surface area contributed by atoms with Crippen LogP contribution in [0.25, 0.3) is 0 Å². The van der Waals surface area contributed by atoms with E-state index >= 15 is 0 Å². The maximum atomic E-state index is 12.9. The van der Waals surface area contributed by atoms with Gasteiger partial charge in [-0.2, -0.15) is 0 Å². The summed E-state index contributed by atoms with van der Waals surface area (Å²) in [4.78, 5) is 7.99. The largest absolute Gasteiger partial charge is 0.372 e. The lowest BCUT2D eigenvalue weighted by molar-refractivity contribution is 0.0325. The van der Waals surface area contributed by atoms with Crippen molar-refractivity contribution in [1.29, 1.82) is 0 Å². The molecule has 2 atom stereocenters. The minimum Gasteiger partial charge on any atom is -0.372 e. The predicted molar refractivity (Wildman–Crippen MR) is 106 cm³/mol. The first-order valence-electron chi connectivity index (χ1n) is 9.10. The minimum atomic E-state index is -3.75. The Kier molecular flexibility index (Phi) is 6.32. The van der Waals surface area contributed by atoms with Gasteiger partial charge in [-0.1, -0.05) is 30.3 Å². The number of hydrogen-bond donors (Lipinski definition) is 3. The van der Waals surface area contributed by atoms with E-state index in [1.807, 2.05) is 30.3 Å². The van der Waals surface area contributed by atoms with Crippen LogP contribution in [0.4, 0.5) is 0 Å². The highest BCUT2D eigenvalue weighted by molar-refractivity contribution is 7.89. The van der Waals surface area contributed by atoms with Crippen LogP contribution in [0, 0.1) is 0 Å². The Balaban J connectivity index is 1.66. The predicted octanol–water partition coefficient (Wildman–Crippen LogP) is 0.610. The summed E-state index contributed by atoms with van der Waals surface area (Å²) in [6.45, 7) is 0.568. The Morgan fingerprint density at radius 2 is 2.07 bits per heavy atom. The molecule has 2 aromatic rings. The van der Waals surface area contributed by atoms with Crippen molar-refractivity contribution in [3.8, 4) is 0 Å². The fraction of sp³-hybridized carbons (Fsp3) is 0.444. The van der Waals surface area contributed by atoms with Crippen LogP contribution >= 0.6 is 0 Å². The van der Waals surface area contributed by atoms with Crippen molar-refractivity contribution in [3.63, 3.8) is 0 Å². The fourth-order valence-electron chi connectivity index (χ4n) is 3.29. The molecule has 0 unspecified atom stereocenters. The Labute approximate surface area is 164 Å². The van der Waals surface area contributed by atoms with E-state index in [-0.39, 0.29) is 29.7 Å². The second-order valence-electron chi connectivity index (χ2n) is 6.81. The van der Waals surface area contributed by atoms with E-state index in [2.05, 4.69) is 14.7 Å². The summed E-state index contributed by atoms with van der Waals surface area (Å²) in [6, 6.07) is 9.56. The molecule has 10 heteroatoms. The molecule has 0 aliphatic heterocycles. The van der Waals surface area contributed by atoms with Gasteiger partial charge >= 0.3 is 0 Å². The summed E-state index contributed by atoms with van der Waals surface area (Å²) in [7, 11) is -2.13. The first-order valence-corrected chi connectivity index (χ1v) is 10.6. The van der Waals surface area contributed by atoms with Crippen molar-refractivity contribution < 1.29 is 13.2 Å². The van der Waals surface area contributed by atoms with Crippen LogP contribution in [0.5, 0.6) is 0 Å². The van der Waals surface area contributed by atoms with Crippen molar-refractivity contribution >= 4 is 16.0 Å². The van der Waals surface area contributed by atoms with Crippen molar-refractivity contribution in [2.45, 2.75) is 49.6 Å². The molecule has 1 fully saturated rings. The number of nitrogens with two attached hydrogens (primary N) is 2. The van der Waals surface area contributed by atoms with Gasteiger partial charge in [-0.05, 0) is 24.8 Å². The average molecular weight is 407 g/mol. The number of aliphatic imine (C=N–C) groups is 1. The van der Waals surface area contributed by atoms with E-state index in [9.17, 15) is 8.42 Å². The van der Waals surface area contributed by atoms with Gasteiger partial charge in [0, 0.05) is 13.1 Å². The second-order valence-corrected chi connectivity index (χ2v) is 8.47. The quantitative estimate of drug-likeness (QED) is 0.434. The molecule has 3 rings (SSSR count). The molecule has 28 heavy (non-hydrogen) atoms. The summed E-state index contributed by atoms with van der Waals surface area (Å²) >= 11 is 0. The summed E-state index contributed by atoms with van der Waals surface area (Å²) in [5, 5.41) is 0.0713. The topological polar surface area (TPSA) is 138 Å². The van der Waals surface area contributed by atoms with E-state index in [0.717, 1.165) is 24.8 Å². The molecule has 0 radical (unpaired) electrons. The number of imidazole rings is 1. The van der Waals surface area contributed by atoms with Gasteiger partial charge in [0.25, 0.3) is 10.0 Å². The number of hydrogen-bond acceptors (Lipinski definition) is 5. The summed E-state index contributed by atoms with van der Waals surface area (Å²) in [5.74, 6) is 0.381. The third-order valence-corrected chi connectivity index (χ3v) is 6.33. The molecule has 5 N–H and O–H groups in total. The Morgan fingerprint density at radius 1 is 1.32 bits per heavy atom. The molecule has 1 aliphatic carbocycles. The highest BCUT2D eigenvalue weighted by atomic mass is 32.2. The van der Waals surface area contributed by atoms with E-state index < -0.39 is 10.0 Å². The lowest BCUT2D eigenvalue weighted by Crippen LogP contribution is -2.41. The second kappa shape index (κ2) is 8.72. The first-order chi connectivity index (χ1) is 13.4. The molecule has 1 heterocycles. The van der Waals surface area contributed by atoms with Gasteiger partial charge in [-0.15, -0.1) is 0 Å². The zero-order valence-corrected chi connectivity index (χ0v) is 16.6. The minimum absolute atomic E-state index is 0.0713. The van der Waals surface area contributed by atoms with Gasteiger partial charge in [0.15, 0.2) is 11.0 Å².